The molecule has 2 heteroatoms. The SMILES string of the molecule is OC1(c2ccc3c(c2)COC3)CC1. The van der Waals surface area contributed by atoms with Crippen LogP contribution in [0.2, 0.25) is 0 Å². The third-order valence-corrected chi connectivity index (χ3v) is 2.98. The molecule has 1 N–H and O–H groups in total. The van der Waals surface area contributed by atoms with Crippen molar-refractivity contribution in [2.45, 2.75) is 31.7 Å². The number of hydrogen-bond acceptors (Lipinski definition) is 2. The summed E-state index contributed by atoms with van der Waals surface area (Å²) in [6, 6.07) is 6.20. The van der Waals surface area contributed by atoms with Crippen molar-refractivity contribution in [1.82, 2.24) is 0 Å². The highest BCUT2D eigenvalue weighted by molar-refractivity contribution is 5.37. The Hall–Kier alpha value is -0.860. The van der Waals surface area contributed by atoms with Crippen LogP contribution in [0, 0.1) is 0 Å². The normalized spacial score (nSPS) is 22.8. The number of aliphatic hydroxyl groups is 1. The van der Waals surface area contributed by atoms with Gasteiger partial charge < -0.3 is 9.84 Å². The van der Waals surface area contributed by atoms with Crippen LogP contribution in [0.15, 0.2) is 18.2 Å². The third-order valence-electron chi connectivity index (χ3n) is 2.98. The van der Waals surface area contributed by atoms with Gasteiger partial charge in [0.1, 0.15) is 0 Å². The average molecular weight is 176 g/mol. The molecule has 1 saturated carbocycles. The van der Waals surface area contributed by atoms with Crippen LogP contribution in [0.4, 0.5) is 0 Å². The summed E-state index contributed by atoms with van der Waals surface area (Å²) in [5.74, 6) is 0. The van der Waals surface area contributed by atoms with E-state index in [9.17, 15) is 5.11 Å². The summed E-state index contributed by atoms with van der Waals surface area (Å²) >= 11 is 0. The smallest absolute Gasteiger partial charge is 0.0899 e. The Labute approximate surface area is 77.2 Å². The van der Waals surface area contributed by atoms with Crippen LogP contribution in [0.25, 0.3) is 0 Å². The Morgan fingerprint density at radius 2 is 1.92 bits per heavy atom. The van der Waals surface area contributed by atoms with Crippen molar-refractivity contribution in [3.8, 4) is 0 Å². The second kappa shape index (κ2) is 2.34. The third kappa shape index (κ3) is 1.10. The highest BCUT2D eigenvalue weighted by Gasteiger charge is 2.42. The Kier molecular flexibility index (Phi) is 1.35. The van der Waals surface area contributed by atoms with E-state index in [1.165, 1.54) is 11.1 Å². The second-order valence-electron chi connectivity index (χ2n) is 4.01. The first kappa shape index (κ1) is 7.54. The van der Waals surface area contributed by atoms with Gasteiger partial charge in [0, 0.05) is 0 Å². The van der Waals surface area contributed by atoms with Gasteiger partial charge in [-0.25, -0.2) is 0 Å². The molecule has 1 aromatic rings. The van der Waals surface area contributed by atoms with E-state index in [4.69, 9.17) is 4.74 Å². The summed E-state index contributed by atoms with van der Waals surface area (Å²) in [6.45, 7) is 1.44. The van der Waals surface area contributed by atoms with Crippen molar-refractivity contribution in [3.05, 3.63) is 34.9 Å². The first-order chi connectivity index (χ1) is 6.28. The predicted molar refractivity (Wildman–Crippen MR) is 48.1 cm³/mol. The second-order valence-corrected chi connectivity index (χ2v) is 4.01. The van der Waals surface area contributed by atoms with Crippen molar-refractivity contribution in [2.75, 3.05) is 0 Å². The van der Waals surface area contributed by atoms with E-state index in [1.54, 1.807) is 0 Å². The van der Waals surface area contributed by atoms with Crippen molar-refractivity contribution in [1.29, 1.82) is 0 Å². The zero-order valence-electron chi connectivity index (χ0n) is 7.42. The summed E-state index contributed by atoms with van der Waals surface area (Å²) < 4.78 is 5.32. The lowest BCUT2D eigenvalue weighted by Crippen LogP contribution is -2.04. The average Bonchev–Trinajstić information content (AvgIpc) is 2.74. The molecule has 0 atom stereocenters. The fraction of sp³-hybridized carbons (Fsp3) is 0.455. The number of hydrogen-bond donors (Lipinski definition) is 1. The summed E-state index contributed by atoms with van der Waals surface area (Å²) in [4.78, 5) is 0. The molecule has 2 nitrogen and oxygen atoms in total. The molecule has 0 spiro atoms. The summed E-state index contributed by atoms with van der Waals surface area (Å²) in [6.07, 6.45) is 1.82. The number of ether oxygens (including phenoxy) is 1. The van der Waals surface area contributed by atoms with Crippen molar-refractivity contribution < 1.29 is 9.84 Å². The molecule has 0 saturated heterocycles. The molecule has 3 rings (SSSR count). The molecule has 1 fully saturated rings. The Morgan fingerprint density at radius 3 is 2.69 bits per heavy atom. The van der Waals surface area contributed by atoms with E-state index in [2.05, 4.69) is 12.1 Å². The molecule has 0 unspecified atom stereocenters. The van der Waals surface area contributed by atoms with Crippen molar-refractivity contribution >= 4 is 0 Å². The van der Waals surface area contributed by atoms with Gasteiger partial charge in [-0.2, -0.15) is 0 Å². The molecule has 0 radical (unpaired) electrons. The van der Waals surface area contributed by atoms with Crippen LogP contribution in [-0.2, 0) is 23.6 Å². The molecule has 2 aliphatic rings. The van der Waals surface area contributed by atoms with Crippen molar-refractivity contribution in [3.63, 3.8) is 0 Å². The van der Waals surface area contributed by atoms with Gasteiger partial charge in [0.15, 0.2) is 0 Å². The lowest BCUT2D eigenvalue weighted by atomic mass is 10.0. The molecule has 1 aliphatic carbocycles. The Morgan fingerprint density at radius 1 is 1.15 bits per heavy atom. The van der Waals surface area contributed by atoms with E-state index >= 15 is 0 Å². The first-order valence-electron chi connectivity index (χ1n) is 4.70. The zero-order valence-corrected chi connectivity index (χ0v) is 7.42. The maximum atomic E-state index is 9.89. The van der Waals surface area contributed by atoms with Crippen LogP contribution >= 0.6 is 0 Å². The van der Waals surface area contributed by atoms with Gasteiger partial charge in [-0.3, -0.25) is 0 Å². The molecule has 0 amide bonds. The summed E-state index contributed by atoms with van der Waals surface area (Å²) in [5.41, 5.74) is 3.08. The minimum absolute atomic E-state index is 0.502. The molecule has 0 aromatic heterocycles. The molecule has 1 aromatic carbocycles. The topological polar surface area (TPSA) is 29.5 Å². The molecule has 13 heavy (non-hydrogen) atoms. The van der Waals surface area contributed by atoms with E-state index < -0.39 is 5.60 Å². The Bertz CT molecular complexity index is 353. The first-order valence-corrected chi connectivity index (χ1v) is 4.70. The predicted octanol–water partition coefficient (Wildman–Crippen LogP) is 1.70. The van der Waals surface area contributed by atoms with E-state index in [0.29, 0.717) is 6.61 Å². The molecule has 0 bridgehead atoms. The van der Waals surface area contributed by atoms with Crippen LogP contribution in [0.3, 0.4) is 0 Å². The molecule has 1 aliphatic heterocycles. The molecule has 1 heterocycles. The van der Waals surface area contributed by atoms with Crippen LogP contribution < -0.4 is 0 Å². The lowest BCUT2D eigenvalue weighted by Gasteiger charge is -2.08. The van der Waals surface area contributed by atoms with Crippen LogP contribution in [-0.4, -0.2) is 5.11 Å². The minimum Gasteiger partial charge on any atom is -0.385 e. The maximum absolute atomic E-state index is 9.89. The maximum Gasteiger partial charge on any atom is 0.0899 e. The van der Waals surface area contributed by atoms with Crippen LogP contribution in [0.1, 0.15) is 29.5 Å². The van der Waals surface area contributed by atoms with E-state index in [0.717, 1.165) is 25.0 Å². The van der Waals surface area contributed by atoms with Gasteiger partial charge in [0.2, 0.25) is 0 Å². The quantitative estimate of drug-likeness (QED) is 0.705. The monoisotopic (exact) mass is 176 g/mol. The zero-order chi connectivity index (χ0) is 8.89. The lowest BCUT2D eigenvalue weighted by molar-refractivity contribution is 0.134. The minimum atomic E-state index is -0.502. The fourth-order valence-electron chi connectivity index (χ4n) is 1.87. The van der Waals surface area contributed by atoms with E-state index in [1.807, 2.05) is 6.07 Å². The number of benzene rings is 1. The standard InChI is InChI=1S/C11H12O2/c12-11(3-4-11)10-2-1-8-6-13-7-9(8)5-10/h1-2,5,12H,3-4,6-7H2. The Balaban J connectivity index is 2.05. The van der Waals surface area contributed by atoms with Gasteiger partial charge in [0.05, 0.1) is 18.8 Å². The number of fused-ring (bicyclic) bond motifs is 1. The largest absolute Gasteiger partial charge is 0.385 e. The fourth-order valence-corrected chi connectivity index (χ4v) is 1.87. The van der Waals surface area contributed by atoms with Gasteiger partial charge in [-0.15, -0.1) is 0 Å². The molecule has 68 valence electrons. The molecular weight excluding hydrogens is 164 g/mol. The summed E-state index contributed by atoms with van der Waals surface area (Å²) in [7, 11) is 0. The van der Waals surface area contributed by atoms with E-state index in [-0.39, 0.29) is 0 Å². The van der Waals surface area contributed by atoms with Gasteiger partial charge >= 0.3 is 0 Å². The summed E-state index contributed by atoms with van der Waals surface area (Å²) in [5, 5.41) is 9.89. The highest BCUT2D eigenvalue weighted by Crippen LogP contribution is 2.45. The van der Waals surface area contributed by atoms with Crippen LogP contribution in [0.5, 0.6) is 0 Å². The van der Waals surface area contributed by atoms with Gasteiger partial charge in [0.25, 0.3) is 0 Å². The number of rotatable bonds is 1. The van der Waals surface area contributed by atoms with Gasteiger partial charge in [-0.1, -0.05) is 18.2 Å². The van der Waals surface area contributed by atoms with Gasteiger partial charge in [-0.05, 0) is 29.5 Å². The highest BCUT2D eigenvalue weighted by atomic mass is 16.5. The molecular formula is C11H12O2. The van der Waals surface area contributed by atoms with Crippen molar-refractivity contribution in [2.24, 2.45) is 0 Å².